The van der Waals surface area contributed by atoms with Gasteiger partial charge in [-0.3, -0.25) is 9.69 Å². The lowest BCUT2D eigenvalue weighted by molar-refractivity contribution is -0.123. The van der Waals surface area contributed by atoms with Gasteiger partial charge in [0, 0.05) is 23.8 Å². The van der Waals surface area contributed by atoms with Crippen molar-refractivity contribution in [3.05, 3.63) is 29.3 Å². The van der Waals surface area contributed by atoms with Crippen molar-refractivity contribution < 1.29 is 9.59 Å². The molecule has 106 valence electrons. The predicted molar refractivity (Wildman–Crippen MR) is 85.2 cm³/mol. The van der Waals surface area contributed by atoms with E-state index in [4.69, 9.17) is 23.8 Å². The second-order valence-electron chi connectivity index (χ2n) is 3.99. The number of nitrogens with zero attached hydrogens (tertiary/aromatic N) is 1. The normalized spacial score (nSPS) is 14.6. The minimum absolute atomic E-state index is 0.0140. The predicted octanol–water partition coefficient (Wildman–Crippen LogP) is 2.32. The molecule has 0 radical (unpaired) electrons. The van der Waals surface area contributed by atoms with Crippen LogP contribution in [0, 0.1) is 0 Å². The van der Waals surface area contributed by atoms with Gasteiger partial charge in [0.05, 0.1) is 5.75 Å². The van der Waals surface area contributed by atoms with Crippen molar-refractivity contribution >= 4 is 57.5 Å². The van der Waals surface area contributed by atoms with Crippen LogP contribution in [0.3, 0.4) is 0 Å². The van der Waals surface area contributed by atoms with Crippen molar-refractivity contribution in [1.82, 2.24) is 10.2 Å². The van der Waals surface area contributed by atoms with Crippen LogP contribution in [0.25, 0.3) is 0 Å². The number of halogens is 1. The lowest BCUT2D eigenvalue weighted by Crippen LogP contribution is -2.38. The SMILES string of the molecule is O=C(NCCN1C(=O)CSC1=S)Nc1ccc(Cl)cc1. The number of urea groups is 1. The van der Waals surface area contributed by atoms with E-state index < -0.39 is 0 Å². The molecule has 1 heterocycles. The van der Waals surface area contributed by atoms with Gasteiger partial charge in [-0.15, -0.1) is 0 Å². The molecule has 1 aromatic carbocycles. The minimum Gasteiger partial charge on any atom is -0.336 e. The molecule has 0 unspecified atom stereocenters. The van der Waals surface area contributed by atoms with Crippen molar-refractivity contribution in [1.29, 1.82) is 0 Å². The Kier molecular flexibility index (Phi) is 5.22. The monoisotopic (exact) mass is 329 g/mol. The number of amides is 3. The molecule has 1 saturated heterocycles. The van der Waals surface area contributed by atoms with E-state index in [1.54, 1.807) is 24.3 Å². The van der Waals surface area contributed by atoms with E-state index >= 15 is 0 Å². The van der Waals surface area contributed by atoms with Crippen molar-refractivity contribution in [3.8, 4) is 0 Å². The fraction of sp³-hybridized carbons (Fsp3) is 0.250. The fourth-order valence-corrected chi connectivity index (χ4v) is 2.83. The molecule has 0 aliphatic carbocycles. The third-order valence-corrected chi connectivity index (χ3v) is 4.25. The van der Waals surface area contributed by atoms with Crippen LogP contribution in [-0.4, -0.2) is 40.0 Å². The number of thiocarbonyl (C=S) groups is 1. The van der Waals surface area contributed by atoms with E-state index in [0.29, 0.717) is 33.9 Å². The Morgan fingerprint density at radius 2 is 2.10 bits per heavy atom. The first kappa shape index (κ1) is 15.1. The quantitative estimate of drug-likeness (QED) is 0.832. The average Bonchev–Trinajstić information content (AvgIpc) is 2.73. The Balaban J connectivity index is 1.74. The van der Waals surface area contributed by atoms with Gasteiger partial charge in [-0.25, -0.2) is 4.79 Å². The highest BCUT2D eigenvalue weighted by molar-refractivity contribution is 8.23. The molecule has 5 nitrogen and oxygen atoms in total. The fourth-order valence-electron chi connectivity index (χ4n) is 1.59. The van der Waals surface area contributed by atoms with Gasteiger partial charge in [-0.05, 0) is 24.3 Å². The zero-order valence-electron chi connectivity index (χ0n) is 10.4. The molecule has 0 saturated carbocycles. The molecular weight excluding hydrogens is 318 g/mol. The number of thioether (sulfide) groups is 1. The second-order valence-corrected chi connectivity index (χ2v) is 6.03. The standard InChI is InChI=1S/C12H12ClN3O2S2/c13-8-1-3-9(4-2-8)15-11(18)14-5-6-16-10(17)7-20-12(16)19/h1-4H,5-7H2,(H2,14,15,18). The zero-order chi connectivity index (χ0) is 14.5. The van der Waals surface area contributed by atoms with E-state index in [0.717, 1.165) is 0 Å². The van der Waals surface area contributed by atoms with Gasteiger partial charge < -0.3 is 10.6 Å². The van der Waals surface area contributed by atoms with Crippen LogP contribution < -0.4 is 10.6 Å². The summed E-state index contributed by atoms with van der Waals surface area (Å²) in [4.78, 5) is 24.6. The molecule has 1 aromatic rings. The topological polar surface area (TPSA) is 61.4 Å². The third-order valence-electron chi connectivity index (χ3n) is 2.56. The Morgan fingerprint density at radius 1 is 1.40 bits per heavy atom. The number of anilines is 1. The van der Waals surface area contributed by atoms with Crippen LogP contribution in [0.1, 0.15) is 0 Å². The van der Waals surface area contributed by atoms with Crippen molar-refractivity contribution in [2.75, 3.05) is 24.2 Å². The number of benzene rings is 1. The third kappa shape index (κ3) is 4.09. The van der Waals surface area contributed by atoms with Crippen LogP contribution in [0.4, 0.5) is 10.5 Å². The largest absolute Gasteiger partial charge is 0.336 e. The van der Waals surface area contributed by atoms with E-state index in [1.807, 2.05) is 0 Å². The molecule has 0 bridgehead atoms. The van der Waals surface area contributed by atoms with E-state index in [-0.39, 0.29) is 11.9 Å². The van der Waals surface area contributed by atoms with Crippen LogP contribution in [0.2, 0.25) is 5.02 Å². The highest BCUT2D eigenvalue weighted by atomic mass is 35.5. The van der Waals surface area contributed by atoms with Crippen LogP contribution in [0.15, 0.2) is 24.3 Å². The first-order valence-corrected chi connectivity index (χ1v) is 7.61. The first-order valence-electron chi connectivity index (χ1n) is 5.84. The molecule has 2 N–H and O–H groups in total. The Bertz CT molecular complexity index is 520. The Labute approximate surface area is 131 Å². The van der Waals surface area contributed by atoms with E-state index in [2.05, 4.69) is 10.6 Å². The summed E-state index contributed by atoms with van der Waals surface area (Å²) in [5.41, 5.74) is 0.648. The molecule has 0 spiro atoms. The maximum Gasteiger partial charge on any atom is 0.319 e. The molecule has 1 fully saturated rings. The Hall–Kier alpha value is -1.31. The van der Waals surface area contributed by atoms with Gasteiger partial charge in [0.2, 0.25) is 5.91 Å². The maximum absolute atomic E-state index is 11.6. The number of carbonyl (C=O) groups excluding carboxylic acids is 2. The van der Waals surface area contributed by atoms with Gasteiger partial charge in [0.1, 0.15) is 4.32 Å². The summed E-state index contributed by atoms with van der Waals surface area (Å²) in [6, 6.07) is 6.46. The molecule has 1 aliphatic heterocycles. The number of carbonyl (C=O) groups is 2. The number of rotatable bonds is 4. The van der Waals surface area contributed by atoms with E-state index in [1.165, 1.54) is 16.7 Å². The van der Waals surface area contributed by atoms with Crippen molar-refractivity contribution in [2.24, 2.45) is 0 Å². The highest BCUT2D eigenvalue weighted by Crippen LogP contribution is 2.18. The summed E-state index contributed by atoms with van der Waals surface area (Å²) in [7, 11) is 0. The summed E-state index contributed by atoms with van der Waals surface area (Å²) in [6.07, 6.45) is 0. The minimum atomic E-state index is -0.336. The van der Waals surface area contributed by atoms with E-state index in [9.17, 15) is 9.59 Å². The molecule has 8 heteroatoms. The average molecular weight is 330 g/mol. The van der Waals surface area contributed by atoms with Gasteiger partial charge in [0.25, 0.3) is 0 Å². The summed E-state index contributed by atoms with van der Waals surface area (Å²) in [6.45, 7) is 0.727. The number of hydrogen-bond donors (Lipinski definition) is 2. The molecule has 2 rings (SSSR count). The van der Waals surface area contributed by atoms with Crippen LogP contribution in [0.5, 0.6) is 0 Å². The smallest absolute Gasteiger partial charge is 0.319 e. The molecule has 20 heavy (non-hydrogen) atoms. The van der Waals surface area contributed by atoms with Gasteiger partial charge in [-0.2, -0.15) is 0 Å². The van der Waals surface area contributed by atoms with Crippen LogP contribution >= 0.6 is 35.6 Å². The lowest BCUT2D eigenvalue weighted by Gasteiger charge is -2.15. The summed E-state index contributed by atoms with van der Waals surface area (Å²) in [5.74, 6) is 0.371. The summed E-state index contributed by atoms with van der Waals surface area (Å²) in [5, 5.41) is 5.94. The molecular formula is C12H12ClN3O2S2. The molecule has 0 atom stereocenters. The van der Waals surface area contributed by atoms with Crippen molar-refractivity contribution in [3.63, 3.8) is 0 Å². The Morgan fingerprint density at radius 3 is 2.70 bits per heavy atom. The summed E-state index contributed by atoms with van der Waals surface area (Å²) < 4.78 is 0.565. The number of nitrogens with one attached hydrogen (secondary N) is 2. The molecule has 1 aliphatic rings. The van der Waals surface area contributed by atoms with Gasteiger partial charge in [-0.1, -0.05) is 35.6 Å². The van der Waals surface area contributed by atoms with Crippen molar-refractivity contribution in [2.45, 2.75) is 0 Å². The van der Waals surface area contributed by atoms with Gasteiger partial charge in [0.15, 0.2) is 0 Å². The maximum atomic E-state index is 11.6. The lowest BCUT2D eigenvalue weighted by atomic mass is 10.3. The van der Waals surface area contributed by atoms with Gasteiger partial charge >= 0.3 is 6.03 Å². The molecule has 3 amide bonds. The first-order chi connectivity index (χ1) is 9.56. The van der Waals surface area contributed by atoms with Crippen LogP contribution in [-0.2, 0) is 4.79 Å². The zero-order valence-corrected chi connectivity index (χ0v) is 12.8. The second kappa shape index (κ2) is 6.92. The highest BCUT2D eigenvalue weighted by Gasteiger charge is 2.25. The number of hydrogen-bond acceptors (Lipinski definition) is 4. The summed E-state index contributed by atoms with van der Waals surface area (Å²) >= 11 is 12.1. The molecule has 0 aromatic heterocycles.